The SMILES string of the molecule is C=C1CCC2C(C)(C)CCCC2(C)C1CCC(C)=CCCC(C)=NNC(N)=O. The summed E-state index contributed by atoms with van der Waals surface area (Å²) in [6, 6.07) is -0.614. The van der Waals surface area contributed by atoms with E-state index in [1.54, 1.807) is 0 Å². The Labute approximate surface area is 172 Å². The van der Waals surface area contributed by atoms with Crippen LogP contribution in [-0.2, 0) is 0 Å². The number of rotatable bonds is 7. The van der Waals surface area contributed by atoms with Crippen molar-refractivity contribution >= 4 is 11.7 Å². The number of hydrogen-bond acceptors (Lipinski definition) is 2. The number of primary amides is 1. The third-order valence-electron chi connectivity index (χ3n) is 7.50. The van der Waals surface area contributed by atoms with E-state index in [-0.39, 0.29) is 0 Å². The Morgan fingerprint density at radius 2 is 2.00 bits per heavy atom. The van der Waals surface area contributed by atoms with Crippen LogP contribution in [0.15, 0.2) is 28.9 Å². The minimum Gasteiger partial charge on any atom is -0.350 e. The molecule has 0 aromatic carbocycles. The average Bonchev–Trinajstić information content (AvgIpc) is 2.58. The first kappa shape index (κ1) is 22.7. The highest BCUT2D eigenvalue weighted by Gasteiger charge is 2.52. The molecule has 2 aliphatic carbocycles. The molecular weight excluding hydrogens is 346 g/mol. The van der Waals surface area contributed by atoms with Gasteiger partial charge in [0.05, 0.1) is 0 Å². The van der Waals surface area contributed by atoms with Crippen molar-refractivity contribution in [3.05, 3.63) is 23.8 Å². The Bertz CT molecular complexity index is 646. The summed E-state index contributed by atoms with van der Waals surface area (Å²) in [5.41, 5.74) is 12.0. The molecule has 2 rings (SSSR count). The van der Waals surface area contributed by atoms with Crippen molar-refractivity contribution < 1.29 is 4.79 Å². The van der Waals surface area contributed by atoms with E-state index < -0.39 is 6.03 Å². The van der Waals surface area contributed by atoms with Gasteiger partial charge in [-0.1, -0.05) is 51.0 Å². The fourth-order valence-electron chi connectivity index (χ4n) is 6.02. The highest BCUT2D eigenvalue weighted by atomic mass is 16.2. The number of hydrazone groups is 1. The van der Waals surface area contributed by atoms with E-state index in [9.17, 15) is 4.79 Å². The van der Waals surface area contributed by atoms with E-state index in [0.717, 1.165) is 30.9 Å². The number of fused-ring (bicyclic) bond motifs is 1. The van der Waals surface area contributed by atoms with Crippen molar-refractivity contribution in [2.24, 2.45) is 33.5 Å². The van der Waals surface area contributed by atoms with Crippen molar-refractivity contribution in [2.75, 3.05) is 0 Å². The van der Waals surface area contributed by atoms with E-state index in [1.165, 1.54) is 49.7 Å². The lowest BCUT2D eigenvalue weighted by Gasteiger charge is -2.58. The lowest BCUT2D eigenvalue weighted by Crippen LogP contribution is -2.49. The van der Waals surface area contributed by atoms with Gasteiger partial charge in [-0.05, 0) is 87.9 Å². The van der Waals surface area contributed by atoms with Gasteiger partial charge in [-0.15, -0.1) is 0 Å². The van der Waals surface area contributed by atoms with Crippen LogP contribution in [0.1, 0.15) is 92.4 Å². The molecule has 3 unspecified atom stereocenters. The molecule has 2 aliphatic rings. The molecule has 3 atom stereocenters. The number of nitrogens with one attached hydrogen (secondary N) is 1. The number of urea groups is 1. The van der Waals surface area contributed by atoms with Crippen LogP contribution in [0.25, 0.3) is 0 Å². The molecular formula is C24H41N3O. The summed E-state index contributed by atoms with van der Waals surface area (Å²) in [5.74, 6) is 1.47. The zero-order valence-electron chi connectivity index (χ0n) is 18.7. The first-order valence-corrected chi connectivity index (χ1v) is 11.0. The van der Waals surface area contributed by atoms with Crippen LogP contribution in [0, 0.1) is 22.7 Å². The van der Waals surface area contributed by atoms with Crippen molar-refractivity contribution in [2.45, 2.75) is 92.4 Å². The second kappa shape index (κ2) is 9.28. The van der Waals surface area contributed by atoms with Gasteiger partial charge < -0.3 is 5.73 Å². The van der Waals surface area contributed by atoms with Gasteiger partial charge in [0, 0.05) is 5.71 Å². The molecule has 28 heavy (non-hydrogen) atoms. The molecule has 0 spiro atoms. The highest BCUT2D eigenvalue weighted by Crippen LogP contribution is 2.61. The van der Waals surface area contributed by atoms with Gasteiger partial charge in [0.25, 0.3) is 0 Å². The maximum atomic E-state index is 10.7. The van der Waals surface area contributed by atoms with Crippen LogP contribution < -0.4 is 11.2 Å². The fourth-order valence-corrected chi connectivity index (χ4v) is 6.02. The smallest absolute Gasteiger partial charge is 0.332 e. The summed E-state index contributed by atoms with van der Waals surface area (Å²) in [4.78, 5) is 10.7. The van der Waals surface area contributed by atoms with Gasteiger partial charge in [0.15, 0.2) is 0 Å². The molecule has 0 saturated heterocycles. The lowest BCUT2D eigenvalue weighted by molar-refractivity contribution is -0.0539. The first-order chi connectivity index (χ1) is 13.1. The van der Waals surface area contributed by atoms with Crippen LogP contribution in [-0.4, -0.2) is 11.7 Å². The Hall–Kier alpha value is -1.58. The third kappa shape index (κ3) is 5.48. The summed E-state index contributed by atoms with van der Waals surface area (Å²) in [6.07, 6.45) is 13.1. The van der Waals surface area contributed by atoms with Gasteiger partial charge in [-0.2, -0.15) is 5.10 Å². The zero-order chi connectivity index (χ0) is 20.9. The number of nitrogens with two attached hydrogens (primary N) is 1. The Morgan fingerprint density at radius 1 is 1.29 bits per heavy atom. The molecule has 2 saturated carbocycles. The molecule has 0 bridgehead atoms. The summed E-state index contributed by atoms with van der Waals surface area (Å²) in [6.45, 7) is 16.2. The quantitative estimate of drug-likeness (QED) is 0.299. The maximum Gasteiger partial charge on any atom is 0.332 e. The molecule has 2 fully saturated rings. The number of allylic oxidation sites excluding steroid dienone is 3. The summed E-state index contributed by atoms with van der Waals surface area (Å²) in [7, 11) is 0. The van der Waals surface area contributed by atoms with Gasteiger partial charge in [-0.25, -0.2) is 10.2 Å². The summed E-state index contributed by atoms with van der Waals surface area (Å²) >= 11 is 0. The second-order valence-electron chi connectivity index (χ2n) is 10.1. The van der Waals surface area contributed by atoms with Crippen LogP contribution >= 0.6 is 0 Å². The maximum absolute atomic E-state index is 10.7. The molecule has 0 heterocycles. The Balaban J connectivity index is 1.93. The minimum absolute atomic E-state index is 0.418. The number of hydrogen-bond donors (Lipinski definition) is 2. The van der Waals surface area contributed by atoms with E-state index >= 15 is 0 Å². The van der Waals surface area contributed by atoms with Gasteiger partial charge in [0.2, 0.25) is 0 Å². The van der Waals surface area contributed by atoms with Crippen molar-refractivity contribution in [1.29, 1.82) is 0 Å². The van der Waals surface area contributed by atoms with E-state index in [1.807, 2.05) is 6.92 Å². The molecule has 0 aromatic heterocycles. The van der Waals surface area contributed by atoms with Crippen molar-refractivity contribution in [3.8, 4) is 0 Å². The fraction of sp³-hybridized carbons (Fsp3) is 0.750. The molecule has 0 aromatic rings. The van der Waals surface area contributed by atoms with Crippen LogP contribution in [0.5, 0.6) is 0 Å². The lowest BCUT2D eigenvalue weighted by atomic mass is 9.47. The standard InChI is InChI=1S/C24H41N3O/c1-17(9-7-10-19(3)26-27-22(25)28)11-13-20-18(2)12-14-21-23(4,5)15-8-16-24(20,21)6/h9,20-21H,2,7-8,10-16H2,1,3-6H3,(H3,25,27,28). The normalized spacial score (nSPS) is 30.7. The summed E-state index contributed by atoms with van der Waals surface area (Å²) < 4.78 is 0. The van der Waals surface area contributed by atoms with E-state index in [4.69, 9.17) is 5.73 Å². The highest BCUT2D eigenvalue weighted by molar-refractivity contribution is 5.83. The third-order valence-corrected chi connectivity index (χ3v) is 7.50. The van der Waals surface area contributed by atoms with Crippen LogP contribution in [0.2, 0.25) is 0 Å². The number of carbonyl (C=O) groups excluding carboxylic acids is 1. The van der Waals surface area contributed by atoms with Crippen molar-refractivity contribution in [1.82, 2.24) is 5.43 Å². The second-order valence-corrected chi connectivity index (χ2v) is 10.1. The average molecular weight is 388 g/mol. The first-order valence-electron chi connectivity index (χ1n) is 11.0. The van der Waals surface area contributed by atoms with Gasteiger partial charge >= 0.3 is 6.03 Å². The Kier molecular flexibility index (Phi) is 7.52. The Morgan fingerprint density at radius 3 is 2.68 bits per heavy atom. The monoisotopic (exact) mass is 387 g/mol. The number of nitrogens with zero attached hydrogens (tertiary/aromatic N) is 1. The van der Waals surface area contributed by atoms with Crippen LogP contribution in [0.3, 0.4) is 0 Å². The van der Waals surface area contributed by atoms with Gasteiger partial charge in [-0.3, -0.25) is 0 Å². The molecule has 3 N–H and O–H groups in total. The predicted molar refractivity (Wildman–Crippen MR) is 119 cm³/mol. The van der Waals surface area contributed by atoms with E-state index in [2.05, 4.69) is 50.9 Å². The number of carbonyl (C=O) groups is 1. The van der Waals surface area contributed by atoms with Crippen LogP contribution in [0.4, 0.5) is 4.79 Å². The molecule has 158 valence electrons. The molecule has 4 heteroatoms. The summed E-state index contributed by atoms with van der Waals surface area (Å²) in [5, 5.41) is 3.97. The predicted octanol–water partition coefficient (Wildman–Crippen LogP) is 6.34. The van der Waals surface area contributed by atoms with Gasteiger partial charge in [0.1, 0.15) is 0 Å². The minimum atomic E-state index is -0.614. The molecule has 4 nitrogen and oxygen atoms in total. The van der Waals surface area contributed by atoms with Crippen molar-refractivity contribution in [3.63, 3.8) is 0 Å². The largest absolute Gasteiger partial charge is 0.350 e. The zero-order valence-corrected chi connectivity index (χ0v) is 18.7. The topological polar surface area (TPSA) is 67.5 Å². The number of amides is 2. The molecule has 0 radical (unpaired) electrons. The molecule has 0 aliphatic heterocycles. The van der Waals surface area contributed by atoms with E-state index in [0.29, 0.717) is 16.7 Å². The molecule has 2 amide bonds.